The van der Waals surface area contributed by atoms with E-state index in [0.29, 0.717) is 25.1 Å². The molecule has 1 saturated heterocycles. The Morgan fingerprint density at radius 1 is 1.11 bits per heavy atom. The standard InChI is InChI=1S/C31H41Cl3N6O5/c1-7-20-13-21-14-22(35-16-24(21)36-15-20)10-11-30(5,6)29(44)38-25(18(2)3)26(41)37-19(4)27(42)40-12-8-9-23(39-40)28(43)45-17-31(32,33)34/h10-11,13-16,18-19,23,25,39H,7-9,12,17H2,1-6H3,(H,37,41)(H,38,44)/b11-10+. The number of esters is 1. The van der Waals surface area contributed by atoms with Gasteiger partial charge in [-0.05, 0) is 69.7 Å². The summed E-state index contributed by atoms with van der Waals surface area (Å²) in [5, 5.41) is 7.77. The summed E-state index contributed by atoms with van der Waals surface area (Å²) in [5.41, 5.74) is 4.44. The van der Waals surface area contributed by atoms with Crippen molar-refractivity contribution < 1.29 is 23.9 Å². The number of halogens is 3. The Hall–Kier alpha value is -2.99. The summed E-state index contributed by atoms with van der Waals surface area (Å²) < 4.78 is 3.28. The van der Waals surface area contributed by atoms with E-state index in [9.17, 15) is 19.2 Å². The molecule has 2 aromatic rings. The van der Waals surface area contributed by atoms with E-state index in [1.165, 1.54) is 11.9 Å². The Bertz CT molecular complexity index is 1430. The van der Waals surface area contributed by atoms with Crippen molar-refractivity contribution in [3.05, 3.63) is 41.9 Å². The average Bonchev–Trinajstić information content (AvgIpc) is 2.99. The molecule has 1 aliphatic rings. The number of nitrogens with one attached hydrogen (secondary N) is 3. The minimum atomic E-state index is -1.75. The van der Waals surface area contributed by atoms with Crippen molar-refractivity contribution in [3.8, 4) is 0 Å². The van der Waals surface area contributed by atoms with Gasteiger partial charge in [0, 0.05) is 18.1 Å². The number of ether oxygens (including phenoxy) is 1. The first-order valence-corrected chi connectivity index (χ1v) is 16.0. The molecule has 3 N–H and O–H groups in total. The van der Waals surface area contributed by atoms with Gasteiger partial charge in [-0.15, -0.1) is 0 Å². The van der Waals surface area contributed by atoms with Gasteiger partial charge < -0.3 is 15.4 Å². The lowest BCUT2D eigenvalue weighted by molar-refractivity contribution is -0.152. The number of carbonyl (C=O) groups excluding carboxylic acids is 4. The number of pyridine rings is 2. The highest BCUT2D eigenvalue weighted by molar-refractivity contribution is 6.67. The van der Waals surface area contributed by atoms with Gasteiger partial charge in [0.2, 0.25) is 15.6 Å². The summed E-state index contributed by atoms with van der Waals surface area (Å²) in [5.74, 6) is -2.26. The van der Waals surface area contributed by atoms with E-state index in [-0.39, 0.29) is 11.8 Å². The van der Waals surface area contributed by atoms with Gasteiger partial charge in [-0.3, -0.25) is 34.2 Å². The van der Waals surface area contributed by atoms with E-state index in [1.54, 1.807) is 46.0 Å². The average molecular weight is 684 g/mol. The topological polar surface area (TPSA) is 143 Å². The largest absolute Gasteiger partial charge is 0.460 e. The van der Waals surface area contributed by atoms with Crippen LogP contribution in [0.4, 0.5) is 0 Å². The van der Waals surface area contributed by atoms with Crippen LogP contribution >= 0.6 is 34.8 Å². The molecule has 1 fully saturated rings. The summed E-state index contributed by atoms with van der Waals surface area (Å²) in [6, 6.07) is 1.32. The lowest BCUT2D eigenvalue weighted by Gasteiger charge is -2.35. The van der Waals surface area contributed by atoms with E-state index in [2.05, 4.69) is 39.0 Å². The number of aryl methyl sites for hydroxylation is 1. The van der Waals surface area contributed by atoms with Gasteiger partial charge in [0.15, 0.2) is 0 Å². The molecule has 0 saturated carbocycles. The third-order valence-electron chi connectivity index (χ3n) is 7.39. The Kier molecular flexibility index (Phi) is 12.6. The number of hydrogen-bond acceptors (Lipinski definition) is 8. The fourth-order valence-corrected chi connectivity index (χ4v) is 4.74. The second-order valence-electron chi connectivity index (χ2n) is 12.0. The molecular weight excluding hydrogens is 643 g/mol. The zero-order valence-corrected chi connectivity index (χ0v) is 28.6. The highest BCUT2D eigenvalue weighted by Gasteiger charge is 2.35. The Balaban J connectivity index is 1.61. The minimum absolute atomic E-state index is 0.274. The number of carbonyl (C=O) groups is 4. The van der Waals surface area contributed by atoms with Crippen LogP contribution in [-0.2, 0) is 30.3 Å². The van der Waals surface area contributed by atoms with Crippen LogP contribution in [0.1, 0.15) is 65.6 Å². The Morgan fingerprint density at radius 2 is 1.82 bits per heavy atom. The molecule has 246 valence electrons. The van der Waals surface area contributed by atoms with Crippen LogP contribution in [0.3, 0.4) is 0 Å². The number of aromatic nitrogens is 2. The molecule has 0 spiro atoms. The van der Waals surface area contributed by atoms with Gasteiger partial charge in [0.25, 0.3) is 5.91 Å². The van der Waals surface area contributed by atoms with Crippen molar-refractivity contribution in [2.75, 3.05) is 13.2 Å². The van der Waals surface area contributed by atoms with Gasteiger partial charge in [0.1, 0.15) is 24.7 Å². The minimum Gasteiger partial charge on any atom is -0.460 e. The van der Waals surface area contributed by atoms with Crippen LogP contribution in [0.25, 0.3) is 17.0 Å². The molecule has 3 heterocycles. The van der Waals surface area contributed by atoms with E-state index in [1.807, 2.05) is 12.3 Å². The fraction of sp³-hybridized carbons (Fsp3) is 0.548. The first kappa shape index (κ1) is 36.5. The summed E-state index contributed by atoms with van der Waals surface area (Å²) in [6.07, 6.45) is 8.85. The quantitative estimate of drug-likeness (QED) is 0.235. The van der Waals surface area contributed by atoms with Crippen LogP contribution in [0.5, 0.6) is 0 Å². The highest BCUT2D eigenvalue weighted by atomic mass is 35.6. The van der Waals surface area contributed by atoms with Crippen molar-refractivity contribution in [3.63, 3.8) is 0 Å². The maximum absolute atomic E-state index is 13.4. The second kappa shape index (κ2) is 15.5. The SMILES string of the molecule is CCc1cnc2cnc(/C=C/C(C)(C)C(=O)NC(C(=O)NC(C)C(=O)N3CCCC(C(=O)OCC(Cl)(Cl)Cl)N3)C(C)C)cc2c1. The number of alkyl halides is 3. The zero-order valence-electron chi connectivity index (χ0n) is 26.3. The Morgan fingerprint density at radius 3 is 2.47 bits per heavy atom. The van der Waals surface area contributed by atoms with Crippen LogP contribution in [0.15, 0.2) is 30.6 Å². The normalized spacial score (nSPS) is 17.3. The third-order valence-corrected chi connectivity index (χ3v) is 7.72. The molecule has 1 aliphatic heterocycles. The maximum atomic E-state index is 13.4. The number of rotatable bonds is 11. The number of hydrogen-bond donors (Lipinski definition) is 3. The molecule has 2 aromatic heterocycles. The van der Waals surface area contributed by atoms with Gasteiger partial charge in [0.05, 0.1) is 22.8 Å². The van der Waals surface area contributed by atoms with Gasteiger partial charge in [-0.1, -0.05) is 61.7 Å². The van der Waals surface area contributed by atoms with Gasteiger partial charge in [-0.25, -0.2) is 5.43 Å². The molecule has 3 unspecified atom stereocenters. The van der Waals surface area contributed by atoms with Crippen molar-refractivity contribution in [2.24, 2.45) is 11.3 Å². The fourth-order valence-electron chi connectivity index (χ4n) is 4.58. The predicted octanol–water partition coefficient (Wildman–Crippen LogP) is 4.29. The van der Waals surface area contributed by atoms with Crippen LogP contribution in [0, 0.1) is 11.3 Å². The summed E-state index contributed by atoms with van der Waals surface area (Å²) >= 11 is 17.0. The van der Waals surface area contributed by atoms with Gasteiger partial charge >= 0.3 is 5.97 Å². The first-order valence-electron chi connectivity index (χ1n) is 14.9. The molecule has 0 radical (unpaired) electrons. The van der Waals surface area contributed by atoms with E-state index in [0.717, 1.165) is 22.9 Å². The molecular formula is C31H41Cl3N6O5. The Labute approximate surface area is 278 Å². The maximum Gasteiger partial charge on any atom is 0.325 e. The van der Waals surface area contributed by atoms with E-state index >= 15 is 0 Å². The van der Waals surface area contributed by atoms with E-state index < -0.39 is 51.7 Å². The van der Waals surface area contributed by atoms with Crippen molar-refractivity contribution in [2.45, 2.75) is 82.7 Å². The summed E-state index contributed by atoms with van der Waals surface area (Å²) in [6.45, 7) is 10.6. The zero-order chi connectivity index (χ0) is 33.5. The number of nitrogens with zero attached hydrogens (tertiary/aromatic N) is 3. The molecule has 0 aliphatic carbocycles. The molecule has 45 heavy (non-hydrogen) atoms. The van der Waals surface area contributed by atoms with Crippen molar-refractivity contribution >= 4 is 75.5 Å². The molecule has 11 nitrogen and oxygen atoms in total. The van der Waals surface area contributed by atoms with Crippen molar-refractivity contribution in [1.29, 1.82) is 0 Å². The summed E-state index contributed by atoms with van der Waals surface area (Å²) in [7, 11) is 0. The molecule has 0 aromatic carbocycles. The smallest absolute Gasteiger partial charge is 0.325 e. The van der Waals surface area contributed by atoms with E-state index in [4.69, 9.17) is 39.5 Å². The molecule has 0 bridgehead atoms. The lowest BCUT2D eigenvalue weighted by atomic mass is 9.90. The number of amides is 3. The monoisotopic (exact) mass is 682 g/mol. The van der Waals surface area contributed by atoms with Crippen LogP contribution in [-0.4, -0.2) is 73.7 Å². The van der Waals surface area contributed by atoms with Crippen LogP contribution in [0.2, 0.25) is 0 Å². The third kappa shape index (κ3) is 10.5. The van der Waals surface area contributed by atoms with Crippen LogP contribution < -0.4 is 16.1 Å². The summed E-state index contributed by atoms with van der Waals surface area (Å²) in [4.78, 5) is 61.1. The second-order valence-corrected chi connectivity index (χ2v) is 14.5. The molecule has 3 amide bonds. The van der Waals surface area contributed by atoms with Gasteiger partial charge in [-0.2, -0.15) is 0 Å². The molecule has 14 heteroatoms. The lowest BCUT2D eigenvalue weighted by Crippen LogP contribution is -2.61. The molecule has 3 atom stereocenters. The van der Waals surface area contributed by atoms with Crippen molar-refractivity contribution in [1.82, 2.24) is 31.0 Å². The number of fused-ring (bicyclic) bond motifs is 1. The molecule has 3 rings (SSSR count). The first-order chi connectivity index (χ1) is 21.0. The predicted molar refractivity (Wildman–Crippen MR) is 175 cm³/mol. The highest BCUT2D eigenvalue weighted by Crippen LogP contribution is 2.26. The number of hydrazine groups is 1.